The number of rotatable bonds is 2. The Kier molecular flexibility index (Phi) is 3.57. The van der Waals surface area contributed by atoms with Gasteiger partial charge in [0.1, 0.15) is 0 Å². The summed E-state index contributed by atoms with van der Waals surface area (Å²) in [5.74, 6) is 0. The molecule has 0 aromatic rings. The fourth-order valence-corrected chi connectivity index (χ4v) is 1.94. The SMILES string of the molecule is CCC(C)(C)C1CCCCCN1. The summed E-state index contributed by atoms with van der Waals surface area (Å²) in [5.41, 5.74) is 0.490. The van der Waals surface area contributed by atoms with Crippen molar-refractivity contribution in [2.24, 2.45) is 5.41 Å². The molecule has 12 heavy (non-hydrogen) atoms. The predicted octanol–water partition coefficient (Wildman–Crippen LogP) is 2.95. The van der Waals surface area contributed by atoms with Gasteiger partial charge in [0.2, 0.25) is 0 Å². The van der Waals surface area contributed by atoms with Gasteiger partial charge in [-0.05, 0) is 31.2 Å². The summed E-state index contributed by atoms with van der Waals surface area (Å²) >= 11 is 0. The minimum absolute atomic E-state index is 0.490. The van der Waals surface area contributed by atoms with Gasteiger partial charge in [-0.2, -0.15) is 0 Å². The summed E-state index contributed by atoms with van der Waals surface area (Å²) in [5, 5.41) is 3.67. The first-order chi connectivity index (χ1) is 5.67. The van der Waals surface area contributed by atoms with E-state index in [-0.39, 0.29) is 0 Å². The second kappa shape index (κ2) is 4.27. The Morgan fingerprint density at radius 2 is 2.00 bits per heavy atom. The zero-order valence-corrected chi connectivity index (χ0v) is 8.82. The van der Waals surface area contributed by atoms with Crippen molar-refractivity contribution < 1.29 is 0 Å². The molecule has 1 aliphatic rings. The molecule has 0 aromatic heterocycles. The molecule has 0 saturated carbocycles. The molecule has 0 radical (unpaired) electrons. The predicted molar refractivity (Wildman–Crippen MR) is 54.3 cm³/mol. The molecule has 1 heterocycles. The van der Waals surface area contributed by atoms with Crippen molar-refractivity contribution in [1.29, 1.82) is 0 Å². The summed E-state index contributed by atoms with van der Waals surface area (Å²) in [6, 6.07) is 0.755. The van der Waals surface area contributed by atoms with Crippen molar-refractivity contribution in [3.63, 3.8) is 0 Å². The fraction of sp³-hybridized carbons (Fsp3) is 1.00. The Morgan fingerprint density at radius 1 is 1.25 bits per heavy atom. The first kappa shape index (κ1) is 10.0. The van der Waals surface area contributed by atoms with Gasteiger partial charge in [0.15, 0.2) is 0 Å². The summed E-state index contributed by atoms with van der Waals surface area (Å²) in [7, 11) is 0. The highest BCUT2D eigenvalue weighted by atomic mass is 14.9. The molecule has 0 aliphatic carbocycles. The zero-order valence-electron chi connectivity index (χ0n) is 8.82. The van der Waals surface area contributed by atoms with E-state index in [1.807, 2.05) is 0 Å². The highest BCUT2D eigenvalue weighted by Gasteiger charge is 2.27. The van der Waals surface area contributed by atoms with E-state index in [0.717, 1.165) is 6.04 Å². The van der Waals surface area contributed by atoms with Gasteiger partial charge in [-0.25, -0.2) is 0 Å². The van der Waals surface area contributed by atoms with Crippen LogP contribution in [-0.2, 0) is 0 Å². The lowest BCUT2D eigenvalue weighted by atomic mass is 9.80. The van der Waals surface area contributed by atoms with Crippen molar-refractivity contribution in [2.45, 2.75) is 58.9 Å². The van der Waals surface area contributed by atoms with Crippen LogP contribution in [-0.4, -0.2) is 12.6 Å². The van der Waals surface area contributed by atoms with E-state index >= 15 is 0 Å². The molecule has 1 nitrogen and oxygen atoms in total. The first-order valence-electron chi connectivity index (χ1n) is 5.40. The molecule has 1 unspecified atom stereocenters. The maximum absolute atomic E-state index is 3.67. The average molecular weight is 169 g/mol. The molecule has 1 fully saturated rings. The largest absolute Gasteiger partial charge is 0.313 e. The van der Waals surface area contributed by atoms with Crippen LogP contribution in [0.1, 0.15) is 52.9 Å². The van der Waals surface area contributed by atoms with Crippen LogP contribution in [0.3, 0.4) is 0 Å². The van der Waals surface area contributed by atoms with E-state index in [4.69, 9.17) is 0 Å². The Hall–Kier alpha value is -0.0400. The van der Waals surface area contributed by atoms with Crippen LogP contribution < -0.4 is 5.32 Å². The Labute approximate surface area is 76.9 Å². The molecule has 0 bridgehead atoms. The Morgan fingerprint density at radius 3 is 2.67 bits per heavy atom. The van der Waals surface area contributed by atoms with Gasteiger partial charge in [0.25, 0.3) is 0 Å². The molecule has 1 atom stereocenters. The lowest BCUT2D eigenvalue weighted by Gasteiger charge is -2.33. The quantitative estimate of drug-likeness (QED) is 0.670. The van der Waals surface area contributed by atoms with E-state index in [2.05, 4.69) is 26.1 Å². The van der Waals surface area contributed by atoms with E-state index in [1.54, 1.807) is 0 Å². The number of nitrogens with one attached hydrogen (secondary N) is 1. The topological polar surface area (TPSA) is 12.0 Å². The maximum atomic E-state index is 3.67. The van der Waals surface area contributed by atoms with Crippen LogP contribution in [0.15, 0.2) is 0 Å². The third kappa shape index (κ3) is 2.48. The minimum Gasteiger partial charge on any atom is -0.313 e. The standard InChI is InChI=1S/C11H23N/c1-4-11(2,3)10-8-6-5-7-9-12-10/h10,12H,4-9H2,1-3H3. The van der Waals surface area contributed by atoms with Gasteiger partial charge in [-0.3, -0.25) is 0 Å². The summed E-state index contributed by atoms with van der Waals surface area (Å²) in [4.78, 5) is 0. The third-order valence-electron chi connectivity index (χ3n) is 3.41. The van der Waals surface area contributed by atoms with Gasteiger partial charge in [-0.15, -0.1) is 0 Å². The molecule has 1 rings (SSSR count). The first-order valence-corrected chi connectivity index (χ1v) is 5.40. The Bertz CT molecular complexity index is 121. The molecular formula is C11H23N. The molecule has 0 aromatic carbocycles. The van der Waals surface area contributed by atoms with E-state index in [1.165, 1.54) is 38.6 Å². The van der Waals surface area contributed by atoms with Crippen molar-refractivity contribution >= 4 is 0 Å². The maximum Gasteiger partial charge on any atom is 0.0118 e. The fourth-order valence-electron chi connectivity index (χ4n) is 1.94. The number of hydrogen-bond donors (Lipinski definition) is 1. The van der Waals surface area contributed by atoms with Gasteiger partial charge in [0.05, 0.1) is 0 Å². The second-order valence-electron chi connectivity index (χ2n) is 4.70. The summed E-state index contributed by atoms with van der Waals surface area (Å²) in [6.07, 6.45) is 6.87. The normalized spacial score (nSPS) is 26.8. The van der Waals surface area contributed by atoms with Gasteiger partial charge in [-0.1, -0.05) is 33.6 Å². The van der Waals surface area contributed by atoms with Crippen LogP contribution in [0.25, 0.3) is 0 Å². The molecule has 0 spiro atoms. The van der Waals surface area contributed by atoms with Gasteiger partial charge >= 0.3 is 0 Å². The lowest BCUT2D eigenvalue weighted by Crippen LogP contribution is -2.40. The average Bonchev–Trinajstić information content (AvgIpc) is 2.32. The number of hydrogen-bond acceptors (Lipinski definition) is 1. The molecule has 1 saturated heterocycles. The van der Waals surface area contributed by atoms with Crippen LogP contribution in [0.4, 0.5) is 0 Å². The van der Waals surface area contributed by atoms with Crippen LogP contribution in [0.2, 0.25) is 0 Å². The van der Waals surface area contributed by atoms with Crippen molar-refractivity contribution in [1.82, 2.24) is 5.32 Å². The molecule has 1 aliphatic heterocycles. The Balaban J connectivity index is 2.47. The van der Waals surface area contributed by atoms with Crippen molar-refractivity contribution in [2.75, 3.05) is 6.54 Å². The van der Waals surface area contributed by atoms with Gasteiger partial charge < -0.3 is 5.32 Å². The summed E-state index contributed by atoms with van der Waals surface area (Å²) < 4.78 is 0. The monoisotopic (exact) mass is 169 g/mol. The third-order valence-corrected chi connectivity index (χ3v) is 3.41. The van der Waals surface area contributed by atoms with Crippen molar-refractivity contribution in [3.05, 3.63) is 0 Å². The van der Waals surface area contributed by atoms with E-state index in [9.17, 15) is 0 Å². The molecule has 0 amide bonds. The molecular weight excluding hydrogens is 146 g/mol. The second-order valence-corrected chi connectivity index (χ2v) is 4.70. The van der Waals surface area contributed by atoms with E-state index in [0.29, 0.717) is 5.41 Å². The smallest absolute Gasteiger partial charge is 0.0118 e. The zero-order chi connectivity index (χ0) is 9.03. The van der Waals surface area contributed by atoms with Crippen LogP contribution >= 0.6 is 0 Å². The van der Waals surface area contributed by atoms with E-state index < -0.39 is 0 Å². The van der Waals surface area contributed by atoms with Gasteiger partial charge in [0, 0.05) is 6.04 Å². The molecule has 72 valence electrons. The van der Waals surface area contributed by atoms with Crippen LogP contribution in [0.5, 0.6) is 0 Å². The molecule has 1 heteroatoms. The highest BCUT2D eigenvalue weighted by molar-refractivity contribution is 4.84. The van der Waals surface area contributed by atoms with Crippen molar-refractivity contribution in [3.8, 4) is 0 Å². The minimum atomic E-state index is 0.490. The molecule has 1 N–H and O–H groups in total. The summed E-state index contributed by atoms with van der Waals surface area (Å²) in [6.45, 7) is 8.30. The lowest BCUT2D eigenvalue weighted by molar-refractivity contribution is 0.227. The highest BCUT2D eigenvalue weighted by Crippen LogP contribution is 2.29. The van der Waals surface area contributed by atoms with Crippen LogP contribution in [0, 0.1) is 5.41 Å².